The first-order chi connectivity index (χ1) is 12.0. The molecule has 2 atom stereocenters. The van der Waals surface area contributed by atoms with Gasteiger partial charge in [0.05, 0.1) is 18.4 Å². The highest BCUT2D eigenvalue weighted by atomic mass is 16.4. The minimum Gasteiger partial charge on any atom is -0.422 e. The summed E-state index contributed by atoms with van der Waals surface area (Å²) in [4.78, 5) is 38.6. The smallest absolute Gasteiger partial charge is 0.336 e. The van der Waals surface area contributed by atoms with Gasteiger partial charge in [-0.3, -0.25) is 14.5 Å². The van der Waals surface area contributed by atoms with Gasteiger partial charge < -0.3 is 4.42 Å². The van der Waals surface area contributed by atoms with Crippen LogP contribution in [-0.2, 0) is 16.1 Å². The highest BCUT2D eigenvalue weighted by molar-refractivity contribution is 6.05. The van der Waals surface area contributed by atoms with Crippen LogP contribution < -0.4 is 5.63 Å². The summed E-state index contributed by atoms with van der Waals surface area (Å²) in [5.41, 5.74) is 2.64. The monoisotopic (exact) mass is 337 g/mol. The van der Waals surface area contributed by atoms with Crippen LogP contribution in [0.5, 0.6) is 0 Å². The zero-order valence-electron chi connectivity index (χ0n) is 14.2. The maximum atomic E-state index is 12.7. The van der Waals surface area contributed by atoms with Crippen LogP contribution in [-0.4, -0.2) is 16.7 Å². The number of imide groups is 1. The largest absolute Gasteiger partial charge is 0.422 e. The SMILES string of the molecule is Cc1ccc2c(CN3C(=O)[C@H]4CC=CC[C@H]4C3=O)cc(=O)oc2c1C. The minimum absolute atomic E-state index is 0.120. The second-order valence-electron chi connectivity index (χ2n) is 6.89. The number of fused-ring (bicyclic) bond motifs is 2. The van der Waals surface area contributed by atoms with Crippen molar-refractivity contribution in [1.29, 1.82) is 0 Å². The van der Waals surface area contributed by atoms with Crippen molar-refractivity contribution in [3.05, 3.63) is 57.5 Å². The number of amides is 2. The molecule has 4 rings (SSSR count). The van der Waals surface area contributed by atoms with Gasteiger partial charge in [0.2, 0.25) is 11.8 Å². The second-order valence-corrected chi connectivity index (χ2v) is 6.89. The van der Waals surface area contributed by atoms with Gasteiger partial charge in [-0.25, -0.2) is 4.79 Å². The number of nitrogens with zero attached hydrogens (tertiary/aromatic N) is 1. The summed E-state index contributed by atoms with van der Waals surface area (Å²) >= 11 is 0. The Kier molecular flexibility index (Phi) is 3.60. The topological polar surface area (TPSA) is 67.6 Å². The Morgan fingerprint density at radius 3 is 2.32 bits per heavy atom. The first kappa shape index (κ1) is 15.8. The number of hydrogen-bond acceptors (Lipinski definition) is 4. The number of hydrogen-bond donors (Lipinski definition) is 0. The van der Waals surface area contributed by atoms with Gasteiger partial charge in [-0.15, -0.1) is 0 Å². The van der Waals surface area contributed by atoms with E-state index >= 15 is 0 Å². The average molecular weight is 337 g/mol. The molecule has 0 radical (unpaired) electrons. The van der Waals surface area contributed by atoms with Crippen molar-refractivity contribution in [3.63, 3.8) is 0 Å². The maximum Gasteiger partial charge on any atom is 0.336 e. The lowest BCUT2D eigenvalue weighted by atomic mass is 9.85. The molecular weight excluding hydrogens is 318 g/mol. The zero-order valence-corrected chi connectivity index (χ0v) is 14.2. The van der Waals surface area contributed by atoms with Gasteiger partial charge in [0.1, 0.15) is 5.58 Å². The summed E-state index contributed by atoms with van der Waals surface area (Å²) in [7, 11) is 0. The molecular formula is C20H19NO4. The van der Waals surface area contributed by atoms with E-state index in [0.29, 0.717) is 24.0 Å². The molecule has 5 heteroatoms. The van der Waals surface area contributed by atoms with Gasteiger partial charge in [-0.05, 0) is 43.4 Å². The molecule has 2 aromatic rings. The maximum absolute atomic E-state index is 12.7. The third-order valence-electron chi connectivity index (χ3n) is 5.44. The molecule has 2 amide bonds. The Morgan fingerprint density at radius 1 is 1.04 bits per heavy atom. The third-order valence-corrected chi connectivity index (χ3v) is 5.44. The quantitative estimate of drug-likeness (QED) is 0.480. The molecule has 1 fully saturated rings. The van der Waals surface area contributed by atoms with E-state index in [-0.39, 0.29) is 30.2 Å². The highest BCUT2D eigenvalue weighted by Gasteiger charge is 2.47. The summed E-state index contributed by atoms with van der Waals surface area (Å²) in [6, 6.07) is 5.23. The van der Waals surface area contributed by atoms with E-state index in [1.165, 1.54) is 11.0 Å². The Hall–Kier alpha value is -2.69. The van der Waals surface area contributed by atoms with Gasteiger partial charge in [0, 0.05) is 11.5 Å². The number of allylic oxidation sites excluding steroid dienone is 2. The van der Waals surface area contributed by atoms with Crippen LogP contribution >= 0.6 is 0 Å². The molecule has 2 heterocycles. The molecule has 25 heavy (non-hydrogen) atoms. The van der Waals surface area contributed by atoms with Crippen molar-refractivity contribution in [2.75, 3.05) is 0 Å². The van der Waals surface area contributed by atoms with E-state index in [1.54, 1.807) is 0 Å². The first-order valence-electron chi connectivity index (χ1n) is 8.50. The summed E-state index contributed by atoms with van der Waals surface area (Å²) < 4.78 is 5.37. The molecule has 0 unspecified atom stereocenters. The lowest BCUT2D eigenvalue weighted by molar-refractivity contribution is -0.140. The van der Waals surface area contributed by atoms with Crippen molar-refractivity contribution in [3.8, 4) is 0 Å². The fourth-order valence-corrected chi connectivity index (χ4v) is 3.85. The molecule has 0 bridgehead atoms. The van der Waals surface area contributed by atoms with E-state index in [0.717, 1.165) is 16.5 Å². The van der Waals surface area contributed by atoms with Gasteiger partial charge in [0.15, 0.2) is 0 Å². The number of rotatable bonds is 2. The lowest BCUT2D eigenvalue weighted by Crippen LogP contribution is -2.31. The molecule has 0 saturated carbocycles. The number of carbonyl (C=O) groups excluding carboxylic acids is 2. The van der Waals surface area contributed by atoms with Crippen LogP contribution in [0.4, 0.5) is 0 Å². The molecule has 128 valence electrons. The molecule has 0 N–H and O–H groups in total. The molecule has 1 aliphatic carbocycles. The number of benzene rings is 1. The number of carbonyl (C=O) groups is 2. The highest BCUT2D eigenvalue weighted by Crippen LogP contribution is 2.36. The van der Waals surface area contributed by atoms with E-state index in [4.69, 9.17) is 4.42 Å². The fourth-order valence-electron chi connectivity index (χ4n) is 3.85. The van der Waals surface area contributed by atoms with Gasteiger partial charge in [-0.2, -0.15) is 0 Å². The first-order valence-corrected chi connectivity index (χ1v) is 8.50. The Balaban J connectivity index is 1.77. The van der Waals surface area contributed by atoms with Gasteiger partial charge in [-0.1, -0.05) is 24.3 Å². The van der Waals surface area contributed by atoms with Gasteiger partial charge >= 0.3 is 5.63 Å². The van der Waals surface area contributed by atoms with Crippen LogP contribution in [0.2, 0.25) is 0 Å². The molecule has 5 nitrogen and oxygen atoms in total. The van der Waals surface area contributed by atoms with Crippen LogP contribution in [0.25, 0.3) is 11.0 Å². The molecule has 1 aromatic heterocycles. The summed E-state index contributed by atoms with van der Waals surface area (Å²) in [5.74, 6) is -0.783. The van der Waals surface area contributed by atoms with Crippen LogP contribution in [0.15, 0.2) is 39.6 Å². The summed E-state index contributed by atoms with van der Waals surface area (Å²) in [5, 5.41) is 0.774. The normalized spacial score (nSPS) is 22.7. The molecule has 2 aliphatic rings. The lowest BCUT2D eigenvalue weighted by Gasteiger charge is -2.16. The molecule has 1 aromatic carbocycles. The Labute approximate surface area is 144 Å². The standard InChI is InChI=1S/C20H19NO4/c1-11-7-8-14-13(9-17(22)25-18(14)12(11)2)10-21-19(23)15-5-3-4-6-16(15)20(21)24/h3-4,7-9,15-16H,5-6,10H2,1-2H3/t15-,16+. The Bertz CT molecular complexity index is 959. The van der Waals surface area contributed by atoms with Crippen molar-refractivity contribution in [2.24, 2.45) is 11.8 Å². The van der Waals surface area contributed by atoms with Crippen LogP contribution in [0.3, 0.4) is 0 Å². The number of likely N-dealkylation sites (tertiary alicyclic amines) is 1. The van der Waals surface area contributed by atoms with Gasteiger partial charge in [0.25, 0.3) is 0 Å². The van der Waals surface area contributed by atoms with Crippen molar-refractivity contribution < 1.29 is 14.0 Å². The summed E-state index contributed by atoms with van der Waals surface area (Å²) in [6.45, 7) is 3.97. The van der Waals surface area contributed by atoms with Crippen molar-refractivity contribution in [2.45, 2.75) is 33.2 Å². The predicted molar refractivity (Wildman–Crippen MR) is 92.9 cm³/mol. The van der Waals surface area contributed by atoms with Crippen LogP contribution in [0.1, 0.15) is 29.5 Å². The van der Waals surface area contributed by atoms with Crippen molar-refractivity contribution in [1.82, 2.24) is 4.90 Å². The minimum atomic E-state index is -0.464. The van der Waals surface area contributed by atoms with E-state index in [9.17, 15) is 14.4 Å². The molecule has 1 aliphatic heterocycles. The van der Waals surface area contributed by atoms with Crippen LogP contribution in [0, 0.1) is 25.7 Å². The Morgan fingerprint density at radius 2 is 1.68 bits per heavy atom. The molecule has 0 spiro atoms. The zero-order chi connectivity index (χ0) is 17.7. The second kappa shape index (κ2) is 5.69. The average Bonchev–Trinajstić information content (AvgIpc) is 2.84. The number of aryl methyl sites for hydroxylation is 2. The fraction of sp³-hybridized carbons (Fsp3) is 0.350. The van der Waals surface area contributed by atoms with E-state index in [2.05, 4.69) is 0 Å². The van der Waals surface area contributed by atoms with E-state index < -0.39 is 5.63 Å². The molecule has 1 saturated heterocycles. The third kappa shape index (κ3) is 2.42. The van der Waals surface area contributed by atoms with E-state index in [1.807, 2.05) is 38.1 Å². The predicted octanol–water partition coefficient (Wildman–Crippen LogP) is 2.86. The van der Waals surface area contributed by atoms with Crippen molar-refractivity contribution >= 4 is 22.8 Å². The summed E-state index contributed by atoms with van der Waals surface area (Å²) in [6.07, 6.45) is 5.16.